The van der Waals surface area contributed by atoms with Gasteiger partial charge < -0.3 is 14.2 Å². The number of carbonyl (C=O) groups excluding carboxylic acids is 3. The number of rotatable bonds is 7. The third kappa shape index (κ3) is 7.16. The van der Waals surface area contributed by atoms with Crippen LogP contribution in [0.15, 0.2) is 48.7 Å². The molecule has 0 saturated heterocycles. The molecule has 1 amide bonds. The van der Waals surface area contributed by atoms with E-state index in [4.69, 9.17) is 14.2 Å². The second-order valence-electron chi connectivity index (χ2n) is 11.0. The molecule has 0 bridgehead atoms. The fourth-order valence-electron chi connectivity index (χ4n) is 4.02. The first-order chi connectivity index (χ1) is 18.6. The SMILES string of the molecule is COC(=O)c1cccc2c(CCN(C(=O)OC(C)(C)C)c3ccc([N+](=O)OC)cc3)cn(C(=O)OC(C)(C)C)c12. The van der Waals surface area contributed by atoms with Gasteiger partial charge in [0.25, 0.3) is 4.92 Å². The number of hydrogen-bond donors (Lipinski definition) is 0. The van der Waals surface area contributed by atoms with Gasteiger partial charge in [-0.2, -0.15) is 0 Å². The fraction of sp³-hybridized carbons (Fsp3) is 0.414. The number of hydrogen-bond acceptors (Lipinski definition) is 8. The van der Waals surface area contributed by atoms with Gasteiger partial charge in [0.05, 0.1) is 23.1 Å². The fourth-order valence-corrected chi connectivity index (χ4v) is 4.02. The van der Waals surface area contributed by atoms with Crippen molar-refractivity contribution in [2.24, 2.45) is 0 Å². The molecule has 2 aromatic carbocycles. The van der Waals surface area contributed by atoms with Gasteiger partial charge in [-0.15, -0.1) is 0 Å². The van der Waals surface area contributed by atoms with Crippen LogP contribution in [0.5, 0.6) is 0 Å². The molecule has 0 unspecified atom stereocenters. The number of nitrogens with zero attached hydrogens (tertiary/aromatic N) is 3. The summed E-state index contributed by atoms with van der Waals surface area (Å²) in [7, 11) is 2.53. The molecule has 0 spiro atoms. The molecule has 3 rings (SSSR count). The number of carbonyl (C=O) groups is 3. The monoisotopic (exact) mass is 554 g/mol. The van der Waals surface area contributed by atoms with Crippen molar-refractivity contribution < 1.29 is 38.4 Å². The second-order valence-corrected chi connectivity index (χ2v) is 11.0. The molecule has 0 saturated carbocycles. The Hall–Kier alpha value is -4.41. The third-order valence-electron chi connectivity index (χ3n) is 5.66. The molecule has 0 aliphatic carbocycles. The van der Waals surface area contributed by atoms with Crippen molar-refractivity contribution >= 4 is 40.4 Å². The number of para-hydroxylation sites is 1. The van der Waals surface area contributed by atoms with Crippen molar-refractivity contribution in [3.63, 3.8) is 0 Å². The summed E-state index contributed by atoms with van der Waals surface area (Å²) in [5.41, 5.74) is 0.482. The summed E-state index contributed by atoms with van der Waals surface area (Å²) in [6.45, 7) is 10.7. The molecule has 11 heteroatoms. The molecular formula is C29H36N3O8+. The van der Waals surface area contributed by atoms with Gasteiger partial charge in [0.15, 0.2) is 7.11 Å². The molecule has 214 valence electrons. The predicted molar refractivity (Wildman–Crippen MR) is 149 cm³/mol. The Morgan fingerprint density at radius 2 is 1.52 bits per heavy atom. The Bertz CT molecular complexity index is 1410. The number of amides is 1. The van der Waals surface area contributed by atoms with Gasteiger partial charge in [-0.3, -0.25) is 9.47 Å². The minimum absolute atomic E-state index is 0.162. The average Bonchev–Trinajstić information content (AvgIpc) is 3.25. The van der Waals surface area contributed by atoms with Crippen LogP contribution in [0.1, 0.15) is 57.5 Å². The molecule has 1 heterocycles. The highest BCUT2D eigenvalue weighted by Gasteiger charge is 2.27. The van der Waals surface area contributed by atoms with Crippen LogP contribution in [0.3, 0.4) is 0 Å². The maximum atomic E-state index is 13.2. The van der Waals surface area contributed by atoms with E-state index in [9.17, 15) is 19.3 Å². The molecule has 0 fully saturated rings. The van der Waals surface area contributed by atoms with Crippen LogP contribution in [-0.4, -0.2) is 59.6 Å². The lowest BCUT2D eigenvalue weighted by Crippen LogP contribution is -2.38. The zero-order valence-electron chi connectivity index (χ0n) is 24.1. The van der Waals surface area contributed by atoms with E-state index in [1.54, 1.807) is 78.1 Å². The number of methoxy groups -OCH3 is 1. The van der Waals surface area contributed by atoms with Crippen molar-refractivity contribution in [2.75, 3.05) is 25.7 Å². The van der Waals surface area contributed by atoms with Crippen molar-refractivity contribution in [3.8, 4) is 0 Å². The highest BCUT2D eigenvalue weighted by atomic mass is 16.8. The van der Waals surface area contributed by atoms with Crippen LogP contribution in [0.4, 0.5) is 21.0 Å². The lowest BCUT2D eigenvalue weighted by Gasteiger charge is -2.27. The minimum atomic E-state index is -0.768. The molecular weight excluding hydrogens is 518 g/mol. The second kappa shape index (κ2) is 11.8. The molecule has 0 aliphatic heterocycles. The van der Waals surface area contributed by atoms with Gasteiger partial charge in [0.2, 0.25) is 0 Å². The molecule has 0 aliphatic rings. The largest absolute Gasteiger partial charge is 0.465 e. The zero-order valence-corrected chi connectivity index (χ0v) is 24.1. The van der Waals surface area contributed by atoms with Gasteiger partial charge >= 0.3 is 23.8 Å². The highest BCUT2D eigenvalue weighted by molar-refractivity contribution is 6.07. The molecule has 0 atom stereocenters. The number of aromatic nitrogens is 1. The normalized spacial score (nSPS) is 11.6. The van der Waals surface area contributed by atoms with Gasteiger partial charge in [0, 0.05) is 35.9 Å². The summed E-state index contributed by atoms with van der Waals surface area (Å²) < 4.78 is 17.5. The van der Waals surface area contributed by atoms with E-state index in [1.807, 2.05) is 0 Å². The summed E-state index contributed by atoms with van der Waals surface area (Å²) in [6.07, 6.45) is 0.663. The standard InChI is InChI=1S/C29H36N3O8/c1-28(2,3)39-26(34)30(20-12-14-21(15-13-20)32(36)38-8)17-16-19-18-31(27(35)40-29(4,5)6)24-22(19)10-9-11-23(24)25(33)37-7/h9-15,18H,16-17H2,1-8H3/q+1. The topological polar surface area (TPSA) is 116 Å². The molecule has 40 heavy (non-hydrogen) atoms. The minimum Gasteiger partial charge on any atom is -0.465 e. The van der Waals surface area contributed by atoms with E-state index in [2.05, 4.69) is 4.84 Å². The van der Waals surface area contributed by atoms with Crippen LogP contribution >= 0.6 is 0 Å². The van der Waals surface area contributed by atoms with Crippen LogP contribution in [0.2, 0.25) is 0 Å². The number of esters is 1. The van der Waals surface area contributed by atoms with E-state index in [0.29, 0.717) is 33.5 Å². The van der Waals surface area contributed by atoms with Crippen molar-refractivity contribution in [1.82, 2.24) is 4.57 Å². The van der Waals surface area contributed by atoms with Gasteiger partial charge in [0.1, 0.15) is 11.2 Å². The number of ether oxygens (including phenoxy) is 3. The van der Waals surface area contributed by atoms with Crippen LogP contribution in [0.25, 0.3) is 10.9 Å². The van der Waals surface area contributed by atoms with Crippen molar-refractivity contribution in [2.45, 2.75) is 59.2 Å². The van der Waals surface area contributed by atoms with Gasteiger partial charge in [-0.05, 0) is 71.7 Å². The highest BCUT2D eigenvalue weighted by Crippen LogP contribution is 2.29. The van der Waals surface area contributed by atoms with E-state index in [0.717, 1.165) is 0 Å². The molecule has 0 N–H and O–H groups in total. The maximum Gasteiger partial charge on any atom is 0.419 e. The Morgan fingerprint density at radius 1 is 0.900 bits per heavy atom. The first-order valence-electron chi connectivity index (χ1n) is 12.7. The lowest BCUT2D eigenvalue weighted by molar-refractivity contribution is -0.736. The third-order valence-corrected chi connectivity index (χ3v) is 5.66. The summed E-state index contributed by atoms with van der Waals surface area (Å²) in [5, 5.41) is 0.635. The van der Waals surface area contributed by atoms with Crippen molar-refractivity contribution in [3.05, 3.63) is 64.7 Å². The average molecular weight is 555 g/mol. The molecule has 0 radical (unpaired) electrons. The number of anilines is 1. The molecule has 3 aromatic rings. The van der Waals surface area contributed by atoms with E-state index >= 15 is 0 Å². The van der Waals surface area contributed by atoms with Gasteiger partial charge in [-0.1, -0.05) is 12.1 Å². The Morgan fingerprint density at radius 3 is 2.08 bits per heavy atom. The quantitative estimate of drug-likeness (QED) is 0.193. The smallest absolute Gasteiger partial charge is 0.419 e. The van der Waals surface area contributed by atoms with E-state index < -0.39 is 29.4 Å². The number of fused-ring (bicyclic) bond motifs is 1. The van der Waals surface area contributed by atoms with E-state index in [1.165, 1.54) is 35.8 Å². The van der Waals surface area contributed by atoms with Crippen LogP contribution in [-0.2, 0) is 25.5 Å². The van der Waals surface area contributed by atoms with Gasteiger partial charge in [-0.25, -0.2) is 19.2 Å². The van der Waals surface area contributed by atoms with Crippen molar-refractivity contribution in [1.29, 1.82) is 0 Å². The summed E-state index contributed by atoms with van der Waals surface area (Å²) >= 11 is 0. The Balaban J connectivity index is 2.05. The molecule has 1 aromatic heterocycles. The van der Waals surface area contributed by atoms with Crippen LogP contribution in [0, 0.1) is 4.91 Å². The molecule has 11 nitrogen and oxygen atoms in total. The lowest BCUT2D eigenvalue weighted by atomic mass is 10.1. The zero-order chi connectivity index (χ0) is 29.8. The summed E-state index contributed by atoms with van der Waals surface area (Å²) in [6, 6.07) is 11.3. The summed E-state index contributed by atoms with van der Waals surface area (Å²) in [4.78, 5) is 57.3. The Labute approximate surface area is 233 Å². The number of benzene rings is 2. The predicted octanol–water partition coefficient (Wildman–Crippen LogP) is 6.17. The first-order valence-corrected chi connectivity index (χ1v) is 12.7. The first kappa shape index (κ1) is 30.1. The maximum absolute atomic E-state index is 13.2. The van der Waals surface area contributed by atoms with E-state index in [-0.39, 0.29) is 17.8 Å². The summed E-state index contributed by atoms with van der Waals surface area (Å²) in [5.74, 6) is -0.598. The Kier molecular flexibility index (Phi) is 8.87. The van der Waals surface area contributed by atoms with Crippen LogP contribution < -0.4 is 4.90 Å².